The van der Waals surface area contributed by atoms with Crippen LogP contribution in [0.1, 0.15) is 6.42 Å². The summed E-state index contributed by atoms with van der Waals surface area (Å²) in [7, 11) is 3.52. The van der Waals surface area contributed by atoms with Gasteiger partial charge >= 0.3 is 0 Å². The van der Waals surface area contributed by atoms with Gasteiger partial charge in [0.25, 0.3) is 0 Å². The summed E-state index contributed by atoms with van der Waals surface area (Å²) in [6, 6.07) is 11.6. The van der Waals surface area contributed by atoms with E-state index in [1.165, 1.54) is 0 Å². The van der Waals surface area contributed by atoms with Crippen LogP contribution in [0.3, 0.4) is 0 Å². The molecule has 2 aromatic heterocycles. The molecule has 0 N–H and O–H groups in total. The average Bonchev–Trinajstić information content (AvgIpc) is 3.21. The highest BCUT2D eigenvalue weighted by Crippen LogP contribution is 2.36. The predicted molar refractivity (Wildman–Crippen MR) is 122 cm³/mol. The Morgan fingerprint density at radius 1 is 1.10 bits per heavy atom. The van der Waals surface area contributed by atoms with Gasteiger partial charge in [-0.15, -0.1) is 11.6 Å². The number of halogens is 2. The van der Waals surface area contributed by atoms with Crippen LogP contribution in [-0.2, 0) is 7.05 Å². The van der Waals surface area contributed by atoms with Gasteiger partial charge in [0.05, 0.1) is 46.9 Å². The van der Waals surface area contributed by atoms with Crippen LogP contribution in [0.2, 0.25) is 5.02 Å². The third-order valence-corrected chi connectivity index (χ3v) is 5.38. The van der Waals surface area contributed by atoms with Crippen LogP contribution in [-0.4, -0.2) is 39.3 Å². The fourth-order valence-electron chi connectivity index (χ4n) is 3.29. The van der Waals surface area contributed by atoms with E-state index < -0.39 is 0 Å². The molecule has 2 heterocycles. The number of ether oxygens (including phenoxy) is 1. The molecule has 0 saturated carbocycles. The summed E-state index contributed by atoms with van der Waals surface area (Å²) in [6.45, 7) is 0.706. The van der Waals surface area contributed by atoms with Crippen molar-refractivity contribution < 1.29 is 4.74 Å². The molecule has 0 amide bonds. The summed E-state index contributed by atoms with van der Waals surface area (Å²) in [5, 5.41) is 4.86. The first-order valence-electron chi connectivity index (χ1n) is 9.52. The van der Waals surface area contributed by atoms with Crippen LogP contribution in [0, 0.1) is 0 Å². The highest BCUT2D eigenvalue weighted by Gasteiger charge is 2.15. The van der Waals surface area contributed by atoms with E-state index in [4.69, 9.17) is 32.9 Å². The second-order valence-electron chi connectivity index (χ2n) is 6.84. The van der Waals surface area contributed by atoms with E-state index in [2.05, 4.69) is 15.0 Å². The molecule has 0 aliphatic carbocycles. The quantitative estimate of drug-likeness (QED) is 0.356. The van der Waals surface area contributed by atoms with Gasteiger partial charge in [0.2, 0.25) is 0 Å². The summed E-state index contributed by atoms with van der Waals surface area (Å²) >= 11 is 12.5. The third-order valence-electron chi connectivity index (χ3n) is 4.80. The van der Waals surface area contributed by atoms with Gasteiger partial charge in [-0.05, 0) is 36.8 Å². The molecule has 0 aliphatic rings. The fourth-order valence-corrected chi connectivity index (χ4v) is 3.63. The maximum atomic E-state index is 6.54. The number of anilines is 2. The van der Waals surface area contributed by atoms with Crippen LogP contribution in [0.25, 0.3) is 22.3 Å². The van der Waals surface area contributed by atoms with Crippen molar-refractivity contribution in [1.29, 1.82) is 0 Å². The lowest BCUT2D eigenvalue weighted by Gasteiger charge is -2.26. The van der Waals surface area contributed by atoms with Crippen LogP contribution in [0.15, 0.2) is 55.0 Å². The lowest BCUT2D eigenvalue weighted by Crippen LogP contribution is -2.19. The lowest BCUT2D eigenvalue weighted by molar-refractivity contribution is 0.415. The number of aromatic nitrogens is 4. The van der Waals surface area contributed by atoms with Crippen molar-refractivity contribution in [1.82, 2.24) is 19.7 Å². The number of aryl methyl sites for hydroxylation is 1. The molecule has 30 heavy (non-hydrogen) atoms. The van der Waals surface area contributed by atoms with Gasteiger partial charge in [-0.25, -0.2) is 4.98 Å². The monoisotopic (exact) mass is 441 g/mol. The summed E-state index contributed by atoms with van der Waals surface area (Å²) in [5.41, 5.74) is 5.13. The summed E-state index contributed by atoms with van der Waals surface area (Å²) < 4.78 is 7.14. The molecule has 6 nitrogen and oxygen atoms in total. The van der Waals surface area contributed by atoms with E-state index in [0.717, 1.165) is 45.8 Å². The second-order valence-corrected chi connectivity index (χ2v) is 7.63. The highest BCUT2D eigenvalue weighted by molar-refractivity contribution is 6.33. The third kappa shape index (κ3) is 4.20. The Hall–Kier alpha value is -2.83. The van der Waals surface area contributed by atoms with E-state index in [1.807, 2.05) is 49.6 Å². The van der Waals surface area contributed by atoms with Crippen LogP contribution in [0.5, 0.6) is 5.75 Å². The largest absolute Gasteiger partial charge is 0.497 e. The van der Waals surface area contributed by atoms with Gasteiger partial charge in [-0.1, -0.05) is 11.6 Å². The molecule has 0 atom stereocenters. The molecule has 0 spiro atoms. The average molecular weight is 442 g/mol. The minimum absolute atomic E-state index is 0.552. The van der Waals surface area contributed by atoms with Gasteiger partial charge in [-0.3, -0.25) is 9.67 Å². The first-order valence-corrected chi connectivity index (χ1v) is 10.4. The molecule has 0 radical (unpaired) electrons. The SMILES string of the molecule is COc1ccc(Cl)c(N(CCCCl)c2ccc3ncc(-c4cnn(C)c4)nc3c2)c1. The van der Waals surface area contributed by atoms with Gasteiger partial charge in [0, 0.05) is 43.0 Å². The normalized spacial score (nSPS) is 11.1. The highest BCUT2D eigenvalue weighted by atomic mass is 35.5. The number of benzene rings is 2. The zero-order valence-electron chi connectivity index (χ0n) is 16.7. The molecule has 4 aromatic rings. The number of alkyl halides is 1. The second kappa shape index (κ2) is 8.90. The molecule has 4 rings (SSSR count). The topological polar surface area (TPSA) is 56.1 Å². The Labute approximate surface area is 185 Å². The van der Waals surface area contributed by atoms with Gasteiger partial charge in [0.15, 0.2) is 0 Å². The first kappa shape index (κ1) is 20.4. The van der Waals surface area contributed by atoms with E-state index in [1.54, 1.807) is 24.2 Å². The molecule has 0 unspecified atom stereocenters. The van der Waals surface area contributed by atoms with Gasteiger partial charge in [-0.2, -0.15) is 5.10 Å². The van der Waals surface area contributed by atoms with Crippen molar-refractivity contribution in [2.75, 3.05) is 24.4 Å². The number of fused-ring (bicyclic) bond motifs is 1. The molecular formula is C22H21Cl2N5O. The van der Waals surface area contributed by atoms with Crippen molar-refractivity contribution in [3.63, 3.8) is 0 Å². The molecule has 0 bridgehead atoms. The first-order chi connectivity index (χ1) is 14.6. The minimum Gasteiger partial charge on any atom is -0.497 e. The molecule has 0 aliphatic heterocycles. The Balaban J connectivity index is 1.79. The zero-order chi connectivity index (χ0) is 21.1. The number of hydrogen-bond donors (Lipinski definition) is 0. The van der Waals surface area contributed by atoms with Crippen molar-refractivity contribution in [2.24, 2.45) is 7.05 Å². The van der Waals surface area contributed by atoms with Gasteiger partial charge in [0.1, 0.15) is 5.75 Å². The van der Waals surface area contributed by atoms with E-state index in [9.17, 15) is 0 Å². The number of methoxy groups -OCH3 is 1. The van der Waals surface area contributed by atoms with E-state index in [-0.39, 0.29) is 0 Å². The van der Waals surface area contributed by atoms with Crippen molar-refractivity contribution in [2.45, 2.75) is 6.42 Å². The molecule has 0 fully saturated rings. The van der Waals surface area contributed by atoms with E-state index in [0.29, 0.717) is 17.4 Å². The minimum atomic E-state index is 0.552. The molecular weight excluding hydrogens is 421 g/mol. The molecule has 8 heteroatoms. The summed E-state index contributed by atoms with van der Waals surface area (Å²) in [5.74, 6) is 1.29. The Kier molecular flexibility index (Phi) is 6.06. The standard InChI is InChI=1S/C22H21Cl2N5O/c1-28-14-15(12-26-28)21-13-25-19-7-4-16(10-20(19)27-21)29(9-3-8-23)22-11-17(30-2)5-6-18(22)24/h4-7,10-14H,3,8-9H2,1-2H3. The fraction of sp³-hybridized carbons (Fsp3) is 0.227. The Bertz CT molecular complexity index is 1180. The van der Waals surface area contributed by atoms with Crippen LogP contribution in [0.4, 0.5) is 11.4 Å². The van der Waals surface area contributed by atoms with Crippen LogP contribution < -0.4 is 9.64 Å². The smallest absolute Gasteiger partial charge is 0.121 e. The molecule has 0 saturated heterocycles. The number of rotatable bonds is 7. The number of nitrogens with zero attached hydrogens (tertiary/aromatic N) is 5. The Morgan fingerprint density at radius 3 is 2.70 bits per heavy atom. The molecule has 154 valence electrons. The van der Waals surface area contributed by atoms with Crippen molar-refractivity contribution in [3.8, 4) is 17.0 Å². The molecule has 2 aromatic carbocycles. The zero-order valence-corrected chi connectivity index (χ0v) is 18.2. The Morgan fingerprint density at radius 2 is 1.97 bits per heavy atom. The lowest BCUT2D eigenvalue weighted by atomic mass is 10.2. The maximum absolute atomic E-state index is 6.54. The van der Waals surface area contributed by atoms with Crippen LogP contribution >= 0.6 is 23.2 Å². The predicted octanol–water partition coefficient (Wildman–Crippen LogP) is 5.46. The van der Waals surface area contributed by atoms with Crippen molar-refractivity contribution >= 4 is 45.6 Å². The number of hydrogen-bond acceptors (Lipinski definition) is 5. The van der Waals surface area contributed by atoms with E-state index >= 15 is 0 Å². The van der Waals surface area contributed by atoms with Crippen molar-refractivity contribution in [3.05, 3.63) is 60.0 Å². The summed E-state index contributed by atoms with van der Waals surface area (Å²) in [4.78, 5) is 11.5. The summed E-state index contributed by atoms with van der Waals surface area (Å²) in [6.07, 6.45) is 6.27. The van der Waals surface area contributed by atoms with Gasteiger partial charge < -0.3 is 9.64 Å². The maximum Gasteiger partial charge on any atom is 0.121 e.